The van der Waals surface area contributed by atoms with Gasteiger partial charge in [-0.15, -0.1) is 0 Å². The number of nitrogens with one attached hydrogen (secondary N) is 1. The number of nitrogens with zero attached hydrogens (tertiary/aromatic N) is 1. The molecule has 1 aliphatic rings. The van der Waals surface area contributed by atoms with Crippen LogP contribution in [0.2, 0.25) is 0 Å². The minimum Gasteiger partial charge on any atom is -0.385 e. The molecule has 0 aliphatic carbocycles. The zero-order chi connectivity index (χ0) is 22.4. The van der Waals surface area contributed by atoms with Crippen LogP contribution in [0.3, 0.4) is 0 Å². The Morgan fingerprint density at radius 2 is 1.84 bits per heavy atom. The number of methoxy groups -OCH3 is 1. The first kappa shape index (κ1) is 23.5. The number of likely N-dealkylation sites (tertiary alicyclic amines) is 1. The number of hydrogen-bond donors (Lipinski definition) is 1. The van der Waals surface area contributed by atoms with Crippen LogP contribution >= 0.6 is 0 Å². The van der Waals surface area contributed by atoms with Crippen LogP contribution in [-0.4, -0.2) is 42.6 Å². The first-order valence-corrected chi connectivity index (χ1v) is 11.6. The lowest BCUT2D eigenvalue weighted by molar-refractivity contribution is 0.0479. The average molecular weight is 423 g/mol. The van der Waals surface area contributed by atoms with Gasteiger partial charge in [0, 0.05) is 37.4 Å². The van der Waals surface area contributed by atoms with E-state index in [2.05, 4.69) is 48.3 Å². The van der Waals surface area contributed by atoms with Gasteiger partial charge in [0.1, 0.15) is 0 Å². The molecule has 31 heavy (non-hydrogen) atoms. The van der Waals surface area contributed by atoms with Crippen molar-refractivity contribution in [1.82, 2.24) is 10.2 Å². The Hall–Kier alpha value is -2.17. The Kier molecular flexibility index (Phi) is 7.90. The fourth-order valence-corrected chi connectivity index (χ4v) is 5.46. The molecule has 3 rings (SSSR count). The van der Waals surface area contributed by atoms with Gasteiger partial charge in [0.15, 0.2) is 0 Å². The van der Waals surface area contributed by atoms with Gasteiger partial charge in [0.2, 0.25) is 0 Å². The van der Waals surface area contributed by atoms with Gasteiger partial charge in [-0.05, 0) is 63.1 Å². The molecule has 1 fully saturated rings. The van der Waals surface area contributed by atoms with Crippen molar-refractivity contribution >= 4 is 5.91 Å². The van der Waals surface area contributed by atoms with Crippen molar-refractivity contribution < 1.29 is 9.53 Å². The number of hydrogen-bond acceptors (Lipinski definition) is 3. The number of amides is 1. The summed E-state index contributed by atoms with van der Waals surface area (Å²) < 4.78 is 5.34. The van der Waals surface area contributed by atoms with E-state index >= 15 is 0 Å². The maximum absolute atomic E-state index is 13.6. The van der Waals surface area contributed by atoms with Crippen molar-refractivity contribution in [2.24, 2.45) is 0 Å². The third kappa shape index (κ3) is 4.86. The van der Waals surface area contributed by atoms with Gasteiger partial charge in [-0.3, -0.25) is 9.69 Å². The lowest BCUT2D eigenvalue weighted by atomic mass is 9.80. The zero-order valence-corrected chi connectivity index (χ0v) is 19.8. The van der Waals surface area contributed by atoms with Crippen molar-refractivity contribution in [3.05, 3.63) is 70.8 Å². The quantitative estimate of drug-likeness (QED) is 0.547. The van der Waals surface area contributed by atoms with E-state index in [0.29, 0.717) is 6.04 Å². The fourth-order valence-electron chi connectivity index (χ4n) is 5.46. The average Bonchev–Trinajstić information content (AvgIpc) is 3.09. The summed E-state index contributed by atoms with van der Waals surface area (Å²) >= 11 is 0. The summed E-state index contributed by atoms with van der Waals surface area (Å²) in [6.45, 7) is 10.4. The maximum atomic E-state index is 13.6. The zero-order valence-electron chi connectivity index (χ0n) is 19.8. The van der Waals surface area contributed by atoms with Gasteiger partial charge in [-0.1, -0.05) is 55.5 Å². The topological polar surface area (TPSA) is 41.6 Å². The normalized spacial score (nSPS) is 22.4. The Labute approximate surface area is 188 Å². The van der Waals surface area contributed by atoms with Crippen LogP contribution in [-0.2, 0) is 4.74 Å². The summed E-state index contributed by atoms with van der Waals surface area (Å²) in [5.41, 5.74) is 3.90. The third-order valence-electron chi connectivity index (χ3n) is 7.11. The van der Waals surface area contributed by atoms with E-state index in [1.807, 2.05) is 38.1 Å². The van der Waals surface area contributed by atoms with E-state index in [1.165, 1.54) is 5.56 Å². The summed E-state index contributed by atoms with van der Waals surface area (Å²) in [6.07, 6.45) is 4.19. The van der Waals surface area contributed by atoms with Crippen LogP contribution in [0.1, 0.15) is 72.6 Å². The standard InChI is InChI=1S/C27H38N2O2/c1-6-27(17-16-22(4)29(27)18-11-19-31-5)25(23-14-8-7-9-15-23)28-26(30)24-20(2)12-10-13-21(24)3/h7-10,12-15,22,25H,6,11,16-19H2,1-5H3,(H,28,30). The SMILES string of the molecule is CCC1(C(NC(=O)c2c(C)cccc2C)c2ccccc2)CCC(C)N1CCCOC. The largest absolute Gasteiger partial charge is 0.385 e. The third-order valence-corrected chi connectivity index (χ3v) is 7.11. The van der Waals surface area contributed by atoms with Gasteiger partial charge in [-0.25, -0.2) is 0 Å². The molecule has 0 radical (unpaired) electrons. The van der Waals surface area contributed by atoms with E-state index in [0.717, 1.165) is 55.5 Å². The summed E-state index contributed by atoms with van der Waals surface area (Å²) in [7, 11) is 1.76. The Bertz CT molecular complexity index is 847. The molecule has 1 heterocycles. The number of ether oxygens (including phenoxy) is 1. The second kappa shape index (κ2) is 10.4. The second-order valence-corrected chi connectivity index (χ2v) is 8.97. The molecule has 0 aromatic heterocycles. The van der Waals surface area contributed by atoms with Gasteiger partial charge >= 0.3 is 0 Å². The lowest BCUT2D eigenvalue weighted by Gasteiger charge is -2.46. The predicted octanol–water partition coefficient (Wildman–Crippen LogP) is 5.44. The van der Waals surface area contributed by atoms with Gasteiger partial charge in [0.05, 0.1) is 6.04 Å². The van der Waals surface area contributed by atoms with Gasteiger partial charge in [-0.2, -0.15) is 0 Å². The van der Waals surface area contributed by atoms with E-state index in [1.54, 1.807) is 7.11 Å². The molecule has 2 aromatic carbocycles. The highest BCUT2D eigenvalue weighted by atomic mass is 16.5. The van der Waals surface area contributed by atoms with E-state index < -0.39 is 0 Å². The summed E-state index contributed by atoms with van der Waals surface area (Å²) in [5.74, 6) is 0.0219. The lowest BCUT2D eigenvalue weighted by Crippen LogP contribution is -2.55. The van der Waals surface area contributed by atoms with Crippen LogP contribution in [0.5, 0.6) is 0 Å². The molecule has 4 heteroatoms. The Morgan fingerprint density at radius 1 is 1.16 bits per heavy atom. The molecule has 0 spiro atoms. The number of carbonyl (C=O) groups is 1. The number of rotatable bonds is 9. The van der Waals surface area contributed by atoms with E-state index in [4.69, 9.17) is 4.74 Å². The highest BCUT2D eigenvalue weighted by Crippen LogP contribution is 2.45. The minimum absolute atomic E-state index is 0.0219. The molecule has 168 valence electrons. The molecule has 1 aliphatic heterocycles. The van der Waals surface area contributed by atoms with Crippen LogP contribution < -0.4 is 5.32 Å². The fraction of sp³-hybridized carbons (Fsp3) is 0.519. The molecule has 1 amide bonds. The smallest absolute Gasteiger partial charge is 0.252 e. The van der Waals surface area contributed by atoms with Crippen LogP contribution in [0.25, 0.3) is 0 Å². The molecule has 4 nitrogen and oxygen atoms in total. The Morgan fingerprint density at radius 3 is 2.45 bits per heavy atom. The maximum Gasteiger partial charge on any atom is 0.252 e. The van der Waals surface area contributed by atoms with Crippen molar-refractivity contribution in [3.8, 4) is 0 Å². The highest BCUT2D eigenvalue weighted by molar-refractivity contribution is 5.97. The summed E-state index contributed by atoms with van der Waals surface area (Å²) in [4.78, 5) is 16.2. The second-order valence-electron chi connectivity index (χ2n) is 8.97. The number of aryl methyl sites for hydroxylation is 2. The minimum atomic E-state index is -0.110. The van der Waals surface area contributed by atoms with Crippen molar-refractivity contribution in [2.75, 3.05) is 20.3 Å². The molecule has 3 atom stereocenters. The molecule has 3 unspecified atom stereocenters. The van der Waals surface area contributed by atoms with Crippen LogP contribution in [0.4, 0.5) is 0 Å². The van der Waals surface area contributed by atoms with Crippen LogP contribution in [0.15, 0.2) is 48.5 Å². The monoisotopic (exact) mass is 422 g/mol. The van der Waals surface area contributed by atoms with Crippen molar-refractivity contribution in [3.63, 3.8) is 0 Å². The summed E-state index contributed by atoms with van der Waals surface area (Å²) in [6, 6.07) is 17.0. The first-order chi connectivity index (χ1) is 14.9. The van der Waals surface area contributed by atoms with E-state index in [-0.39, 0.29) is 17.5 Å². The van der Waals surface area contributed by atoms with E-state index in [9.17, 15) is 4.79 Å². The molecule has 0 bridgehead atoms. The van der Waals surface area contributed by atoms with Crippen molar-refractivity contribution in [1.29, 1.82) is 0 Å². The predicted molar refractivity (Wildman–Crippen MR) is 127 cm³/mol. The summed E-state index contributed by atoms with van der Waals surface area (Å²) in [5, 5.41) is 3.49. The molecular formula is C27H38N2O2. The Balaban J connectivity index is 2.01. The molecule has 2 aromatic rings. The van der Waals surface area contributed by atoms with Gasteiger partial charge in [0.25, 0.3) is 5.91 Å². The number of benzene rings is 2. The molecule has 1 N–H and O–H groups in total. The highest BCUT2D eigenvalue weighted by Gasteiger charge is 2.49. The molecular weight excluding hydrogens is 384 g/mol. The van der Waals surface area contributed by atoms with Gasteiger partial charge < -0.3 is 10.1 Å². The van der Waals surface area contributed by atoms with Crippen molar-refractivity contribution in [2.45, 2.75) is 71.0 Å². The number of carbonyl (C=O) groups excluding carboxylic acids is 1. The molecule has 0 saturated carbocycles. The first-order valence-electron chi connectivity index (χ1n) is 11.6. The van der Waals surface area contributed by atoms with Crippen LogP contribution in [0, 0.1) is 13.8 Å². The molecule has 1 saturated heterocycles.